The van der Waals surface area contributed by atoms with Gasteiger partial charge in [-0.25, -0.2) is 0 Å². The molecule has 0 amide bonds. The van der Waals surface area contributed by atoms with Crippen LogP contribution in [0.5, 0.6) is 0 Å². The van der Waals surface area contributed by atoms with Crippen molar-refractivity contribution in [3.8, 4) is 0 Å². The van der Waals surface area contributed by atoms with Gasteiger partial charge in [0, 0.05) is 39.4 Å². The van der Waals surface area contributed by atoms with Gasteiger partial charge >= 0.3 is 6.18 Å². The van der Waals surface area contributed by atoms with E-state index in [0.29, 0.717) is 38.8 Å². The first-order chi connectivity index (χ1) is 12.5. The molecule has 0 saturated carbocycles. The standard InChI is InChI=1S/C17H31F3N4O2/c1-2-21-16(22-6-3-8-26-15-5-9-25-12-15)23-10-14-4-7-24(11-14)13-17(18,19)20/h14-15H,2-13H2,1H3,(H2,21,22,23). The fourth-order valence-corrected chi connectivity index (χ4v) is 3.19. The van der Waals surface area contributed by atoms with Crippen LogP contribution in [0.2, 0.25) is 0 Å². The lowest BCUT2D eigenvalue weighted by molar-refractivity contribution is -0.143. The number of rotatable bonds is 9. The van der Waals surface area contributed by atoms with Gasteiger partial charge < -0.3 is 20.1 Å². The van der Waals surface area contributed by atoms with E-state index in [-0.39, 0.29) is 12.0 Å². The molecule has 2 atom stereocenters. The summed E-state index contributed by atoms with van der Waals surface area (Å²) in [6.45, 7) is 6.28. The first kappa shape index (κ1) is 21.2. The zero-order valence-corrected chi connectivity index (χ0v) is 15.5. The molecule has 2 aliphatic heterocycles. The molecule has 6 nitrogen and oxygen atoms in total. The van der Waals surface area contributed by atoms with Crippen LogP contribution in [0, 0.1) is 5.92 Å². The van der Waals surface area contributed by atoms with Gasteiger partial charge in [0.2, 0.25) is 0 Å². The van der Waals surface area contributed by atoms with E-state index in [1.54, 1.807) is 0 Å². The number of aliphatic imine (C=N–C) groups is 1. The number of alkyl halides is 3. The Hall–Kier alpha value is -1.06. The van der Waals surface area contributed by atoms with Crippen molar-refractivity contribution in [2.45, 2.75) is 38.5 Å². The Labute approximate surface area is 153 Å². The molecule has 0 aliphatic carbocycles. The van der Waals surface area contributed by atoms with Gasteiger partial charge in [-0.05, 0) is 38.6 Å². The predicted molar refractivity (Wildman–Crippen MR) is 94.4 cm³/mol. The summed E-state index contributed by atoms with van der Waals surface area (Å²) < 4.78 is 48.3. The third-order valence-electron chi connectivity index (χ3n) is 4.48. The first-order valence-corrected chi connectivity index (χ1v) is 9.47. The highest BCUT2D eigenvalue weighted by Crippen LogP contribution is 2.22. The minimum atomic E-state index is -4.12. The normalized spacial score (nSPS) is 25.0. The molecule has 2 unspecified atom stereocenters. The molecule has 0 aromatic rings. The molecule has 2 fully saturated rings. The molecule has 152 valence electrons. The highest BCUT2D eigenvalue weighted by Gasteiger charge is 2.34. The third kappa shape index (κ3) is 8.55. The number of guanidine groups is 1. The van der Waals surface area contributed by atoms with E-state index in [0.717, 1.165) is 39.0 Å². The Morgan fingerprint density at radius 2 is 2.15 bits per heavy atom. The van der Waals surface area contributed by atoms with Crippen LogP contribution in [0.1, 0.15) is 26.2 Å². The third-order valence-corrected chi connectivity index (χ3v) is 4.48. The van der Waals surface area contributed by atoms with Crippen molar-refractivity contribution in [3.63, 3.8) is 0 Å². The molecule has 0 aromatic heterocycles. The number of hydrogen-bond acceptors (Lipinski definition) is 4. The SMILES string of the molecule is CCNC(=NCC1CCN(CC(F)(F)F)C1)NCCCOC1CCOC1. The summed E-state index contributed by atoms with van der Waals surface area (Å²) in [4.78, 5) is 5.99. The Balaban J connectivity index is 1.62. The summed E-state index contributed by atoms with van der Waals surface area (Å²) in [5.41, 5.74) is 0. The molecule has 0 radical (unpaired) electrons. The molecule has 26 heavy (non-hydrogen) atoms. The smallest absolute Gasteiger partial charge is 0.379 e. The summed E-state index contributed by atoms with van der Waals surface area (Å²) >= 11 is 0. The number of nitrogens with one attached hydrogen (secondary N) is 2. The van der Waals surface area contributed by atoms with E-state index < -0.39 is 12.7 Å². The molecule has 2 heterocycles. The fraction of sp³-hybridized carbons (Fsp3) is 0.941. The lowest BCUT2D eigenvalue weighted by Crippen LogP contribution is -2.38. The van der Waals surface area contributed by atoms with Gasteiger partial charge in [0.05, 0.1) is 19.3 Å². The maximum atomic E-state index is 12.4. The Bertz CT molecular complexity index is 429. The number of halogens is 3. The van der Waals surface area contributed by atoms with Crippen LogP contribution in [0.25, 0.3) is 0 Å². The minimum Gasteiger partial charge on any atom is -0.379 e. The van der Waals surface area contributed by atoms with Gasteiger partial charge in [-0.3, -0.25) is 9.89 Å². The van der Waals surface area contributed by atoms with E-state index in [1.807, 2.05) is 6.92 Å². The van der Waals surface area contributed by atoms with Gasteiger partial charge in [0.25, 0.3) is 0 Å². The van der Waals surface area contributed by atoms with Crippen LogP contribution < -0.4 is 10.6 Å². The highest BCUT2D eigenvalue weighted by molar-refractivity contribution is 5.79. The summed E-state index contributed by atoms with van der Waals surface area (Å²) in [7, 11) is 0. The van der Waals surface area contributed by atoms with E-state index in [2.05, 4.69) is 15.6 Å². The topological polar surface area (TPSA) is 58.1 Å². The Morgan fingerprint density at radius 1 is 1.31 bits per heavy atom. The summed E-state index contributed by atoms with van der Waals surface area (Å²) in [5.74, 6) is 0.893. The second kappa shape index (κ2) is 10.9. The van der Waals surface area contributed by atoms with Crippen LogP contribution in [0.4, 0.5) is 13.2 Å². The average molecular weight is 380 g/mol. The number of nitrogens with zero attached hydrogens (tertiary/aromatic N) is 2. The van der Waals surface area contributed by atoms with Crippen molar-refractivity contribution in [2.75, 3.05) is 59.1 Å². The van der Waals surface area contributed by atoms with Gasteiger partial charge in [-0.2, -0.15) is 13.2 Å². The van der Waals surface area contributed by atoms with Crippen molar-refractivity contribution in [3.05, 3.63) is 0 Å². The van der Waals surface area contributed by atoms with Gasteiger partial charge in [-0.1, -0.05) is 0 Å². The fourth-order valence-electron chi connectivity index (χ4n) is 3.19. The number of ether oxygens (including phenoxy) is 2. The van der Waals surface area contributed by atoms with Gasteiger partial charge in [-0.15, -0.1) is 0 Å². The summed E-state index contributed by atoms with van der Waals surface area (Å²) in [6, 6.07) is 0. The zero-order valence-electron chi connectivity index (χ0n) is 15.5. The number of likely N-dealkylation sites (tertiary alicyclic amines) is 1. The van der Waals surface area contributed by atoms with E-state index in [1.165, 1.54) is 4.90 Å². The van der Waals surface area contributed by atoms with Crippen LogP contribution in [-0.2, 0) is 9.47 Å². The zero-order chi connectivity index (χ0) is 18.8. The van der Waals surface area contributed by atoms with Crippen LogP contribution in [0.15, 0.2) is 4.99 Å². The molecular formula is C17H31F3N4O2. The molecule has 2 N–H and O–H groups in total. The molecular weight excluding hydrogens is 349 g/mol. The van der Waals surface area contributed by atoms with Gasteiger partial charge in [0.1, 0.15) is 0 Å². The molecule has 0 spiro atoms. The van der Waals surface area contributed by atoms with Crippen molar-refractivity contribution in [1.29, 1.82) is 0 Å². The second-order valence-corrected chi connectivity index (χ2v) is 6.86. The number of hydrogen-bond donors (Lipinski definition) is 2. The Kier molecular flexibility index (Phi) is 8.94. The van der Waals surface area contributed by atoms with Crippen molar-refractivity contribution < 1.29 is 22.6 Å². The molecule has 2 aliphatic rings. The molecule has 0 aromatic carbocycles. The second-order valence-electron chi connectivity index (χ2n) is 6.86. The van der Waals surface area contributed by atoms with E-state index in [4.69, 9.17) is 9.47 Å². The van der Waals surface area contributed by atoms with E-state index in [9.17, 15) is 13.2 Å². The summed E-state index contributed by atoms with van der Waals surface area (Å²) in [6.07, 6.45) is -1.31. The molecule has 9 heteroatoms. The van der Waals surface area contributed by atoms with Gasteiger partial charge in [0.15, 0.2) is 5.96 Å². The largest absolute Gasteiger partial charge is 0.401 e. The monoisotopic (exact) mass is 380 g/mol. The lowest BCUT2D eigenvalue weighted by atomic mass is 10.1. The predicted octanol–water partition coefficient (Wildman–Crippen LogP) is 1.62. The van der Waals surface area contributed by atoms with Crippen molar-refractivity contribution in [1.82, 2.24) is 15.5 Å². The quantitative estimate of drug-likeness (QED) is 0.362. The molecule has 2 rings (SSSR count). The Morgan fingerprint density at radius 3 is 2.85 bits per heavy atom. The maximum absolute atomic E-state index is 12.4. The minimum absolute atomic E-state index is 0.179. The maximum Gasteiger partial charge on any atom is 0.401 e. The van der Waals surface area contributed by atoms with Crippen molar-refractivity contribution >= 4 is 5.96 Å². The van der Waals surface area contributed by atoms with E-state index >= 15 is 0 Å². The van der Waals surface area contributed by atoms with Crippen molar-refractivity contribution in [2.24, 2.45) is 10.9 Å². The molecule has 2 saturated heterocycles. The van der Waals surface area contributed by atoms with Crippen LogP contribution in [-0.4, -0.2) is 82.2 Å². The lowest BCUT2D eigenvalue weighted by Gasteiger charge is -2.17. The van der Waals surface area contributed by atoms with Crippen LogP contribution >= 0.6 is 0 Å². The average Bonchev–Trinajstić information content (AvgIpc) is 3.22. The molecule has 0 bridgehead atoms. The van der Waals surface area contributed by atoms with Crippen LogP contribution in [0.3, 0.4) is 0 Å². The highest BCUT2D eigenvalue weighted by atomic mass is 19.4. The summed E-state index contributed by atoms with van der Waals surface area (Å²) in [5, 5.41) is 6.43. The first-order valence-electron chi connectivity index (χ1n) is 9.47.